The average molecular weight is 316 g/mol. The number of aryl methyl sites for hydroxylation is 1. The summed E-state index contributed by atoms with van der Waals surface area (Å²) in [5.41, 5.74) is 2.53. The average Bonchev–Trinajstić information content (AvgIpc) is 2.93. The Bertz CT molecular complexity index is 713. The fourth-order valence-electron chi connectivity index (χ4n) is 3.00. The molecule has 0 aliphatic carbocycles. The minimum atomic E-state index is -0.373. The van der Waals surface area contributed by atoms with E-state index in [1.54, 1.807) is 23.0 Å². The number of nitrogens with zero attached hydrogens (tertiary/aromatic N) is 4. The second-order valence-electron chi connectivity index (χ2n) is 6.07. The van der Waals surface area contributed by atoms with Crippen molar-refractivity contribution in [3.63, 3.8) is 0 Å². The molecule has 1 aromatic heterocycles. The van der Waals surface area contributed by atoms with Crippen LogP contribution in [0.4, 0.5) is 5.69 Å². The molecule has 0 amide bonds. The predicted octanol–water partition coefficient (Wildman–Crippen LogP) is 2.05. The Kier molecular flexibility index (Phi) is 4.40. The molecule has 1 saturated heterocycles. The quantitative estimate of drug-likeness (QED) is 0.689. The van der Waals surface area contributed by atoms with Crippen LogP contribution in [0.3, 0.4) is 0 Å². The molecule has 0 spiro atoms. The van der Waals surface area contributed by atoms with Crippen LogP contribution in [-0.2, 0) is 6.54 Å². The first-order valence-electron chi connectivity index (χ1n) is 7.71. The van der Waals surface area contributed by atoms with Gasteiger partial charge >= 0.3 is 0 Å². The number of piperidine rings is 1. The summed E-state index contributed by atoms with van der Waals surface area (Å²) in [5, 5.41) is 21.0. The number of nitro benzene ring substituents is 1. The van der Waals surface area contributed by atoms with Crippen molar-refractivity contribution in [2.24, 2.45) is 0 Å². The smallest absolute Gasteiger partial charge is 0.271 e. The molecule has 1 atom stereocenters. The standard InChI is InChI=1S/C16H20N4O3/c1-12-8-19(11-17-12)14-5-13(6-15(7-14)20(22)23)9-18-4-2-3-16(21)10-18/h5-8,11,16,21H,2-4,9-10H2,1H3/t16-/m0/s1. The maximum Gasteiger partial charge on any atom is 0.271 e. The maximum absolute atomic E-state index is 11.2. The molecule has 7 heteroatoms. The van der Waals surface area contributed by atoms with Crippen LogP contribution >= 0.6 is 0 Å². The molecular weight excluding hydrogens is 296 g/mol. The van der Waals surface area contributed by atoms with Crippen LogP contribution in [-0.4, -0.2) is 43.7 Å². The number of benzene rings is 1. The summed E-state index contributed by atoms with van der Waals surface area (Å²) < 4.78 is 1.79. The molecule has 7 nitrogen and oxygen atoms in total. The van der Waals surface area contributed by atoms with E-state index in [2.05, 4.69) is 9.88 Å². The Labute approximate surface area is 134 Å². The highest BCUT2D eigenvalue weighted by molar-refractivity contribution is 5.47. The Morgan fingerprint density at radius 3 is 2.91 bits per heavy atom. The van der Waals surface area contributed by atoms with Crippen molar-refractivity contribution < 1.29 is 10.0 Å². The number of imidazole rings is 1. The third-order valence-corrected chi connectivity index (χ3v) is 4.07. The van der Waals surface area contributed by atoms with Crippen molar-refractivity contribution in [2.75, 3.05) is 13.1 Å². The Hall–Kier alpha value is -2.25. The van der Waals surface area contributed by atoms with E-state index in [1.807, 2.05) is 19.2 Å². The van der Waals surface area contributed by atoms with Gasteiger partial charge in [0.2, 0.25) is 0 Å². The van der Waals surface area contributed by atoms with Crippen LogP contribution in [0.2, 0.25) is 0 Å². The summed E-state index contributed by atoms with van der Waals surface area (Å²) in [6, 6.07) is 5.10. The highest BCUT2D eigenvalue weighted by atomic mass is 16.6. The molecular formula is C16H20N4O3. The summed E-state index contributed by atoms with van der Waals surface area (Å²) >= 11 is 0. The van der Waals surface area contributed by atoms with Crippen LogP contribution in [0.15, 0.2) is 30.7 Å². The first-order chi connectivity index (χ1) is 11.0. The predicted molar refractivity (Wildman–Crippen MR) is 85.5 cm³/mol. The van der Waals surface area contributed by atoms with Crippen molar-refractivity contribution in [3.05, 3.63) is 52.1 Å². The minimum Gasteiger partial charge on any atom is -0.392 e. The second kappa shape index (κ2) is 6.47. The van der Waals surface area contributed by atoms with Crippen molar-refractivity contribution in [3.8, 4) is 5.69 Å². The Balaban J connectivity index is 1.89. The van der Waals surface area contributed by atoms with Crippen molar-refractivity contribution in [2.45, 2.75) is 32.4 Å². The van der Waals surface area contributed by atoms with Gasteiger partial charge in [-0.2, -0.15) is 0 Å². The van der Waals surface area contributed by atoms with Crippen molar-refractivity contribution in [1.82, 2.24) is 14.5 Å². The zero-order valence-corrected chi connectivity index (χ0v) is 13.1. The fraction of sp³-hybridized carbons (Fsp3) is 0.438. The van der Waals surface area contributed by atoms with Gasteiger partial charge in [-0.3, -0.25) is 15.0 Å². The molecule has 0 radical (unpaired) electrons. The highest BCUT2D eigenvalue weighted by Gasteiger charge is 2.19. The molecule has 1 aliphatic rings. The third kappa shape index (κ3) is 3.75. The van der Waals surface area contributed by atoms with Crippen LogP contribution < -0.4 is 0 Å². The molecule has 0 unspecified atom stereocenters. The topological polar surface area (TPSA) is 84.4 Å². The number of likely N-dealkylation sites (tertiary alicyclic amines) is 1. The molecule has 2 heterocycles. The molecule has 1 aliphatic heterocycles. The maximum atomic E-state index is 11.2. The van der Waals surface area contributed by atoms with E-state index in [1.165, 1.54) is 0 Å². The number of aliphatic hydroxyl groups excluding tert-OH is 1. The summed E-state index contributed by atoms with van der Waals surface area (Å²) in [7, 11) is 0. The van der Waals surface area contributed by atoms with Gasteiger partial charge in [0.1, 0.15) is 0 Å². The molecule has 3 rings (SSSR count). The molecule has 0 bridgehead atoms. The SMILES string of the molecule is Cc1cn(-c2cc(CN3CCC[C@H](O)C3)cc([N+](=O)[O-])c2)cn1. The van der Waals surface area contributed by atoms with Gasteiger partial charge in [-0.15, -0.1) is 0 Å². The number of rotatable bonds is 4. The largest absolute Gasteiger partial charge is 0.392 e. The van der Waals surface area contributed by atoms with E-state index in [-0.39, 0.29) is 16.7 Å². The van der Waals surface area contributed by atoms with Gasteiger partial charge in [-0.05, 0) is 37.9 Å². The van der Waals surface area contributed by atoms with E-state index in [0.717, 1.165) is 36.3 Å². The zero-order valence-electron chi connectivity index (χ0n) is 13.1. The Morgan fingerprint density at radius 2 is 2.26 bits per heavy atom. The van der Waals surface area contributed by atoms with Gasteiger partial charge in [0.15, 0.2) is 0 Å². The molecule has 2 aromatic rings. The minimum absolute atomic E-state index is 0.0708. The monoisotopic (exact) mass is 316 g/mol. The fourth-order valence-corrected chi connectivity index (χ4v) is 3.00. The van der Waals surface area contributed by atoms with Gasteiger partial charge in [0, 0.05) is 31.4 Å². The summed E-state index contributed by atoms with van der Waals surface area (Å²) in [6.07, 6.45) is 4.96. The first-order valence-corrected chi connectivity index (χ1v) is 7.71. The molecule has 0 saturated carbocycles. The van der Waals surface area contributed by atoms with E-state index in [4.69, 9.17) is 0 Å². The van der Waals surface area contributed by atoms with E-state index in [9.17, 15) is 15.2 Å². The van der Waals surface area contributed by atoms with Crippen LogP contribution in [0.5, 0.6) is 0 Å². The number of β-amino-alcohol motifs (C(OH)–C–C–N with tert-alkyl or cyclic N) is 1. The van der Waals surface area contributed by atoms with Crippen molar-refractivity contribution >= 4 is 5.69 Å². The van der Waals surface area contributed by atoms with E-state index in [0.29, 0.717) is 13.1 Å². The Morgan fingerprint density at radius 1 is 1.43 bits per heavy atom. The van der Waals surface area contributed by atoms with Crippen LogP contribution in [0.1, 0.15) is 24.1 Å². The highest BCUT2D eigenvalue weighted by Crippen LogP contribution is 2.23. The number of aromatic nitrogens is 2. The number of non-ortho nitro benzene ring substituents is 1. The normalized spacial score (nSPS) is 19.0. The van der Waals surface area contributed by atoms with Gasteiger partial charge < -0.3 is 9.67 Å². The lowest BCUT2D eigenvalue weighted by Crippen LogP contribution is -2.37. The lowest BCUT2D eigenvalue weighted by Gasteiger charge is -2.30. The number of hydrogen-bond donors (Lipinski definition) is 1. The molecule has 1 N–H and O–H groups in total. The zero-order chi connectivity index (χ0) is 16.4. The summed E-state index contributed by atoms with van der Waals surface area (Å²) in [4.78, 5) is 17.1. The van der Waals surface area contributed by atoms with Crippen LogP contribution in [0.25, 0.3) is 5.69 Å². The second-order valence-corrected chi connectivity index (χ2v) is 6.07. The summed E-state index contributed by atoms with van der Waals surface area (Å²) in [5.74, 6) is 0. The number of nitro groups is 1. The van der Waals surface area contributed by atoms with Gasteiger partial charge in [-0.25, -0.2) is 4.98 Å². The van der Waals surface area contributed by atoms with Crippen molar-refractivity contribution in [1.29, 1.82) is 0 Å². The molecule has 1 fully saturated rings. The van der Waals surface area contributed by atoms with E-state index < -0.39 is 0 Å². The molecule has 1 aromatic carbocycles. The lowest BCUT2D eigenvalue weighted by molar-refractivity contribution is -0.384. The van der Waals surface area contributed by atoms with E-state index >= 15 is 0 Å². The molecule has 122 valence electrons. The lowest BCUT2D eigenvalue weighted by atomic mass is 10.1. The first kappa shape index (κ1) is 15.6. The summed E-state index contributed by atoms with van der Waals surface area (Å²) in [6.45, 7) is 3.99. The molecule has 23 heavy (non-hydrogen) atoms. The number of aliphatic hydroxyl groups is 1. The van der Waals surface area contributed by atoms with Gasteiger partial charge in [-0.1, -0.05) is 0 Å². The third-order valence-electron chi connectivity index (χ3n) is 4.07. The van der Waals surface area contributed by atoms with Gasteiger partial charge in [0.05, 0.1) is 28.7 Å². The van der Waals surface area contributed by atoms with Gasteiger partial charge in [0.25, 0.3) is 5.69 Å². The number of hydrogen-bond acceptors (Lipinski definition) is 5. The van der Waals surface area contributed by atoms with Crippen LogP contribution in [0, 0.1) is 17.0 Å².